The zero-order chi connectivity index (χ0) is 17.3. The predicted molar refractivity (Wildman–Crippen MR) is 98.9 cm³/mol. The van der Waals surface area contributed by atoms with Crippen molar-refractivity contribution in [3.63, 3.8) is 0 Å². The van der Waals surface area contributed by atoms with Crippen LogP contribution < -0.4 is 5.32 Å². The summed E-state index contributed by atoms with van der Waals surface area (Å²) in [5.41, 5.74) is 4.49. The van der Waals surface area contributed by atoms with Crippen molar-refractivity contribution in [2.45, 2.75) is 87.2 Å². The van der Waals surface area contributed by atoms with Crippen molar-refractivity contribution >= 4 is 0 Å². The van der Waals surface area contributed by atoms with E-state index in [2.05, 4.69) is 59.9 Å². The highest BCUT2D eigenvalue weighted by Crippen LogP contribution is 2.18. The van der Waals surface area contributed by atoms with Crippen molar-refractivity contribution < 1.29 is 5.11 Å². The molecule has 2 atom stereocenters. The van der Waals surface area contributed by atoms with Gasteiger partial charge in [0, 0.05) is 12.2 Å². The first-order valence-corrected chi connectivity index (χ1v) is 8.80. The van der Waals surface area contributed by atoms with Gasteiger partial charge in [0.25, 0.3) is 0 Å². The third-order valence-electron chi connectivity index (χ3n) is 4.12. The van der Waals surface area contributed by atoms with Gasteiger partial charge < -0.3 is 10.4 Å². The van der Waals surface area contributed by atoms with E-state index in [1.54, 1.807) is 0 Å². The first-order valence-electron chi connectivity index (χ1n) is 8.80. The van der Waals surface area contributed by atoms with Gasteiger partial charge in [-0.15, -0.1) is 0 Å². The van der Waals surface area contributed by atoms with E-state index in [-0.39, 0.29) is 6.10 Å². The van der Waals surface area contributed by atoms with Crippen LogP contribution in [0, 0.1) is 11.3 Å². The van der Waals surface area contributed by atoms with Crippen LogP contribution in [-0.4, -0.2) is 17.8 Å². The lowest BCUT2D eigenvalue weighted by molar-refractivity contribution is 0.114. The molecular formula is C20H39NO. The summed E-state index contributed by atoms with van der Waals surface area (Å²) in [4.78, 5) is 0. The van der Waals surface area contributed by atoms with Crippen LogP contribution in [-0.2, 0) is 0 Å². The minimum atomic E-state index is -0.175. The SMILES string of the molecule is CCC(O)C(C)CC=C(C)CCC(NCC(C)(C)C)=C(C)C. The lowest BCUT2D eigenvalue weighted by Crippen LogP contribution is -2.27. The van der Waals surface area contributed by atoms with E-state index >= 15 is 0 Å². The summed E-state index contributed by atoms with van der Waals surface area (Å²) in [5.74, 6) is 0.349. The molecule has 2 N–H and O–H groups in total. The van der Waals surface area contributed by atoms with Gasteiger partial charge in [-0.1, -0.05) is 51.8 Å². The van der Waals surface area contributed by atoms with Crippen LogP contribution in [0.4, 0.5) is 0 Å². The Morgan fingerprint density at radius 2 is 1.73 bits per heavy atom. The number of nitrogens with one attached hydrogen (secondary N) is 1. The molecule has 0 spiro atoms. The van der Waals surface area contributed by atoms with Gasteiger partial charge in [0.1, 0.15) is 0 Å². The van der Waals surface area contributed by atoms with Gasteiger partial charge in [0.15, 0.2) is 0 Å². The van der Waals surface area contributed by atoms with E-state index in [9.17, 15) is 5.11 Å². The maximum absolute atomic E-state index is 9.83. The van der Waals surface area contributed by atoms with E-state index in [0.717, 1.165) is 32.2 Å². The quantitative estimate of drug-likeness (QED) is 0.556. The number of hydrogen-bond acceptors (Lipinski definition) is 2. The highest BCUT2D eigenvalue weighted by molar-refractivity contribution is 5.11. The minimum Gasteiger partial charge on any atom is -0.393 e. The maximum atomic E-state index is 9.83. The molecule has 0 heterocycles. The molecule has 0 aliphatic rings. The van der Waals surface area contributed by atoms with Gasteiger partial charge >= 0.3 is 0 Å². The molecule has 130 valence electrons. The average molecular weight is 310 g/mol. The molecular weight excluding hydrogens is 270 g/mol. The fraction of sp³-hybridized carbons (Fsp3) is 0.800. The number of rotatable bonds is 9. The van der Waals surface area contributed by atoms with Crippen LogP contribution in [0.2, 0.25) is 0 Å². The first kappa shape index (κ1) is 21.2. The van der Waals surface area contributed by atoms with Gasteiger partial charge in [-0.05, 0) is 57.8 Å². The van der Waals surface area contributed by atoms with Crippen LogP contribution in [0.25, 0.3) is 0 Å². The fourth-order valence-electron chi connectivity index (χ4n) is 2.26. The van der Waals surface area contributed by atoms with E-state index in [1.807, 2.05) is 6.92 Å². The molecule has 0 aromatic heterocycles. The summed E-state index contributed by atoms with van der Waals surface area (Å²) < 4.78 is 0. The molecule has 0 rings (SSSR count). The molecule has 2 heteroatoms. The summed E-state index contributed by atoms with van der Waals surface area (Å²) in [6.45, 7) is 18.5. The monoisotopic (exact) mass is 309 g/mol. The normalized spacial score (nSPS) is 15.4. The highest BCUT2D eigenvalue weighted by atomic mass is 16.3. The van der Waals surface area contributed by atoms with Crippen molar-refractivity contribution in [2.75, 3.05) is 6.54 Å². The van der Waals surface area contributed by atoms with Crippen molar-refractivity contribution in [3.8, 4) is 0 Å². The largest absolute Gasteiger partial charge is 0.393 e. The van der Waals surface area contributed by atoms with Gasteiger partial charge in [0.05, 0.1) is 6.10 Å². The van der Waals surface area contributed by atoms with Crippen LogP contribution in [0.15, 0.2) is 22.9 Å². The Kier molecular flexibility index (Phi) is 9.75. The smallest absolute Gasteiger partial charge is 0.0566 e. The molecule has 2 nitrogen and oxygen atoms in total. The first-order chi connectivity index (χ1) is 10.1. The summed E-state index contributed by atoms with van der Waals surface area (Å²) in [5, 5.41) is 13.4. The predicted octanol–water partition coefficient (Wildman–Crippen LogP) is 5.44. The Labute approximate surface area is 139 Å². The number of aliphatic hydroxyl groups is 1. The zero-order valence-electron chi connectivity index (χ0n) is 16.2. The van der Waals surface area contributed by atoms with Crippen molar-refractivity contribution in [3.05, 3.63) is 22.9 Å². The van der Waals surface area contributed by atoms with E-state index in [0.29, 0.717) is 11.3 Å². The Bertz CT molecular complexity index is 370. The lowest BCUT2D eigenvalue weighted by Gasteiger charge is -2.22. The number of allylic oxidation sites excluding steroid dienone is 4. The number of hydrogen-bond donors (Lipinski definition) is 2. The van der Waals surface area contributed by atoms with E-state index < -0.39 is 0 Å². The van der Waals surface area contributed by atoms with Gasteiger partial charge in [-0.25, -0.2) is 0 Å². The Balaban J connectivity index is 4.40. The molecule has 2 unspecified atom stereocenters. The molecule has 0 aromatic carbocycles. The topological polar surface area (TPSA) is 32.3 Å². The van der Waals surface area contributed by atoms with Gasteiger partial charge in [0.2, 0.25) is 0 Å². The molecule has 0 aliphatic heterocycles. The second-order valence-electron chi connectivity index (χ2n) is 8.13. The van der Waals surface area contributed by atoms with Crippen LogP contribution in [0.5, 0.6) is 0 Å². The third kappa shape index (κ3) is 10.0. The van der Waals surface area contributed by atoms with Crippen molar-refractivity contribution in [2.24, 2.45) is 11.3 Å². The third-order valence-corrected chi connectivity index (χ3v) is 4.12. The highest BCUT2D eigenvalue weighted by Gasteiger charge is 2.12. The Morgan fingerprint density at radius 3 is 2.18 bits per heavy atom. The minimum absolute atomic E-state index is 0.175. The van der Waals surface area contributed by atoms with Crippen molar-refractivity contribution in [1.82, 2.24) is 5.32 Å². The van der Waals surface area contributed by atoms with Crippen LogP contribution >= 0.6 is 0 Å². The zero-order valence-corrected chi connectivity index (χ0v) is 16.2. The molecule has 0 bridgehead atoms. The van der Waals surface area contributed by atoms with Gasteiger partial charge in [-0.2, -0.15) is 0 Å². The lowest BCUT2D eigenvalue weighted by atomic mass is 9.95. The molecule has 0 aromatic rings. The standard InChI is InChI=1S/C20H39NO/c1-9-19(22)17(5)12-10-16(4)11-13-18(15(2)3)21-14-20(6,7)8/h10,17,19,21-22H,9,11-14H2,1-8H3. The second kappa shape index (κ2) is 10.1. The maximum Gasteiger partial charge on any atom is 0.0566 e. The molecule has 0 amide bonds. The number of aliphatic hydroxyl groups excluding tert-OH is 1. The molecule has 0 radical (unpaired) electrons. The Morgan fingerprint density at radius 1 is 1.14 bits per heavy atom. The molecule has 0 aliphatic carbocycles. The average Bonchev–Trinajstić information content (AvgIpc) is 2.41. The molecule has 0 saturated heterocycles. The molecule has 0 fully saturated rings. The summed E-state index contributed by atoms with van der Waals surface area (Å²) in [6, 6.07) is 0. The fourth-order valence-corrected chi connectivity index (χ4v) is 2.26. The molecule has 0 saturated carbocycles. The summed E-state index contributed by atoms with van der Waals surface area (Å²) in [6.07, 6.45) is 6.10. The second-order valence-corrected chi connectivity index (χ2v) is 8.13. The van der Waals surface area contributed by atoms with Gasteiger partial charge in [-0.3, -0.25) is 0 Å². The van der Waals surface area contributed by atoms with E-state index in [1.165, 1.54) is 16.8 Å². The van der Waals surface area contributed by atoms with Crippen molar-refractivity contribution in [1.29, 1.82) is 0 Å². The van der Waals surface area contributed by atoms with Crippen LogP contribution in [0.1, 0.15) is 81.1 Å². The Hall–Kier alpha value is -0.760. The van der Waals surface area contributed by atoms with Crippen LogP contribution in [0.3, 0.4) is 0 Å². The summed E-state index contributed by atoms with van der Waals surface area (Å²) in [7, 11) is 0. The molecule has 22 heavy (non-hydrogen) atoms. The van der Waals surface area contributed by atoms with E-state index in [4.69, 9.17) is 0 Å². The summed E-state index contributed by atoms with van der Waals surface area (Å²) >= 11 is 0.